The molecule has 1 aromatic heterocycles. The molecule has 1 aromatic carbocycles. The second kappa shape index (κ2) is 9.46. The van der Waals surface area contributed by atoms with E-state index in [1.54, 1.807) is 12.4 Å². The van der Waals surface area contributed by atoms with Gasteiger partial charge in [0.25, 0.3) is 0 Å². The van der Waals surface area contributed by atoms with E-state index < -0.39 is 0 Å². The third kappa shape index (κ3) is 5.13. The first-order valence-corrected chi connectivity index (χ1v) is 9.49. The molecule has 0 bridgehead atoms. The number of aromatic nitrogens is 2. The van der Waals surface area contributed by atoms with Crippen LogP contribution in [-0.2, 0) is 4.74 Å². The molecule has 6 nitrogen and oxygen atoms in total. The first-order valence-electron chi connectivity index (χ1n) is 9.49. The van der Waals surface area contributed by atoms with Gasteiger partial charge in [-0.3, -0.25) is 0 Å². The van der Waals surface area contributed by atoms with Crippen LogP contribution in [0.15, 0.2) is 24.5 Å². The number of nitrogens with one attached hydrogen (secondary N) is 2. The zero-order valence-electron chi connectivity index (χ0n) is 15.4. The molecule has 2 N–H and O–H groups in total. The molecule has 2 heterocycles. The maximum Gasteiger partial charge on any atom is 0.137 e. The minimum atomic E-state index is 0.498. The molecule has 138 valence electrons. The van der Waals surface area contributed by atoms with Crippen LogP contribution < -0.4 is 10.6 Å². The van der Waals surface area contributed by atoms with Crippen molar-refractivity contribution in [2.45, 2.75) is 51.1 Å². The van der Waals surface area contributed by atoms with Gasteiger partial charge in [0, 0.05) is 24.0 Å². The molecule has 2 aliphatic rings. The van der Waals surface area contributed by atoms with E-state index in [9.17, 15) is 0 Å². The van der Waals surface area contributed by atoms with Crippen molar-refractivity contribution in [2.75, 3.05) is 25.1 Å². The Kier molecular flexibility index (Phi) is 6.75. The maximum absolute atomic E-state index is 9.00. The lowest BCUT2D eigenvalue weighted by molar-refractivity contribution is 0.0824. The smallest absolute Gasteiger partial charge is 0.137 e. The molecule has 2 fully saturated rings. The van der Waals surface area contributed by atoms with Gasteiger partial charge in [-0.2, -0.15) is 5.26 Å². The molecule has 1 saturated carbocycles. The highest BCUT2D eigenvalue weighted by atomic mass is 16.5. The Hall–Kier alpha value is -2.23. The summed E-state index contributed by atoms with van der Waals surface area (Å²) >= 11 is 0. The van der Waals surface area contributed by atoms with Crippen molar-refractivity contribution in [3.05, 3.63) is 30.1 Å². The Bertz CT molecular complexity index is 745. The molecule has 26 heavy (non-hydrogen) atoms. The van der Waals surface area contributed by atoms with Crippen molar-refractivity contribution in [3.8, 4) is 6.07 Å². The summed E-state index contributed by atoms with van der Waals surface area (Å²) in [4.78, 5) is 8.59. The molecule has 0 amide bonds. The molecule has 6 heteroatoms. The largest absolute Gasteiger partial charge is 0.379 e. The van der Waals surface area contributed by atoms with E-state index in [2.05, 4.69) is 33.6 Å². The third-order valence-electron chi connectivity index (χ3n) is 4.82. The van der Waals surface area contributed by atoms with E-state index in [-0.39, 0.29) is 0 Å². The standard InChI is InChI=1S/C15H16N4.C5H11NO/c16-9-11-6-7-14-13(8-11)15(18-10-17-14)19-12-4-2-1-3-5-12;1-5-4-7-3-2-6-5/h6-8,10,12H,1-5H2,(H,17,18,19);5-6H,2-4H2,1H3/t;5-/m.0/s1. The number of morpholine rings is 1. The SMILES string of the molecule is C[C@H]1COCCN1.N#Cc1ccc2ncnc(NC3CCCCC3)c2c1. The fourth-order valence-corrected chi connectivity index (χ4v) is 3.38. The molecule has 1 atom stereocenters. The molecule has 1 aliphatic carbocycles. The second-order valence-electron chi connectivity index (χ2n) is 6.98. The molecule has 4 rings (SSSR count). The van der Waals surface area contributed by atoms with Crippen molar-refractivity contribution in [3.63, 3.8) is 0 Å². The van der Waals surface area contributed by atoms with Gasteiger partial charge in [-0.1, -0.05) is 19.3 Å². The summed E-state index contributed by atoms with van der Waals surface area (Å²) in [6, 6.07) is 8.76. The van der Waals surface area contributed by atoms with E-state index in [4.69, 9.17) is 10.00 Å². The Morgan fingerprint density at radius 2 is 2.08 bits per heavy atom. The summed E-state index contributed by atoms with van der Waals surface area (Å²) in [6.07, 6.45) is 7.88. The van der Waals surface area contributed by atoms with Gasteiger partial charge in [-0.25, -0.2) is 9.97 Å². The predicted molar refractivity (Wildman–Crippen MR) is 103 cm³/mol. The topological polar surface area (TPSA) is 82.9 Å². The van der Waals surface area contributed by atoms with Crippen molar-refractivity contribution in [1.82, 2.24) is 15.3 Å². The average molecular weight is 353 g/mol. The number of ether oxygens (including phenoxy) is 1. The fourth-order valence-electron chi connectivity index (χ4n) is 3.38. The van der Waals surface area contributed by atoms with Gasteiger partial charge in [0.2, 0.25) is 0 Å². The molecule has 1 aliphatic heterocycles. The molecule has 2 aromatic rings. The number of fused-ring (bicyclic) bond motifs is 1. The summed E-state index contributed by atoms with van der Waals surface area (Å²) in [6.45, 7) is 4.89. The summed E-state index contributed by atoms with van der Waals surface area (Å²) < 4.78 is 5.12. The van der Waals surface area contributed by atoms with Crippen LogP contribution in [0, 0.1) is 11.3 Å². The maximum atomic E-state index is 9.00. The normalized spacial score (nSPS) is 20.7. The molecular weight excluding hydrogens is 326 g/mol. The highest BCUT2D eigenvalue weighted by Gasteiger charge is 2.15. The number of benzene rings is 1. The summed E-state index contributed by atoms with van der Waals surface area (Å²) in [5.41, 5.74) is 1.53. The summed E-state index contributed by atoms with van der Waals surface area (Å²) in [5, 5.41) is 16.7. The highest BCUT2D eigenvalue weighted by Crippen LogP contribution is 2.25. The van der Waals surface area contributed by atoms with Crippen molar-refractivity contribution in [1.29, 1.82) is 5.26 Å². The molecule has 0 unspecified atom stereocenters. The minimum Gasteiger partial charge on any atom is -0.379 e. The van der Waals surface area contributed by atoms with Crippen molar-refractivity contribution < 1.29 is 4.74 Å². The quantitative estimate of drug-likeness (QED) is 0.862. The van der Waals surface area contributed by atoms with E-state index in [0.29, 0.717) is 17.6 Å². The summed E-state index contributed by atoms with van der Waals surface area (Å²) in [7, 11) is 0. The van der Waals surface area contributed by atoms with Gasteiger partial charge in [0.1, 0.15) is 12.1 Å². The van der Waals surface area contributed by atoms with E-state index in [1.165, 1.54) is 32.1 Å². The molecule has 0 radical (unpaired) electrons. The van der Waals surface area contributed by atoms with Crippen molar-refractivity contribution in [2.24, 2.45) is 0 Å². The number of anilines is 1. The number of hydrogen-bond donors (Lipinski definition) is 2. The van der Waals surface area contributed by atoms with Gasteiger partial charge in [-0.15, -0.1) is 0 Å². The van der Waals surface area contributed by atoms with Gasteiger partial charge in [-0.05, 0) is 38.0 Å². The minimum absolute atomic E-state index is 0.498. The van der Waals surface area contributed by atoms with Crippen LogP contribution >= 0.6 is 0 Å². The van der Waals surface area contributed by atoms with Crippen LogP contribution in [0.1, 0.15) is 44.6 Å². The molecule has 1 saturated heterocycles. The lowest BCUT2D eigenvalue weighted by Crippen LogP contribution is -2.38. The van der Waals surface area contributed by atoms with Crippen LogP contribution in [0.2, 0.25) is 0 Å². The Morgan fingerprint density at radius 1 is 1.23 bits per heavy atom. The molecule has 0 spiro atoms. The number of nitrogens with zero attached hydrogens (tertiary/aromatic N) is 3. The lowest BCUT2D eigenvalue weighted by Gasteiger charge is -2.23. The zero-order chi connectivity index (χ0) is 18.2. The van der Waals surface area contributed by atoms with Crippen LogP contribution in [0.3, 0.4) is 0 Å². The third-order valence-corrected chi connectivity index (χ3v) is 4.82. The Morgan fingerprint density at radius 3 is 2.73 bits per heavy atom. The number of nitriles is 1. The van der Waals surface area contributed by atoms with E-state index >= 15 is 0 Å². The number of hydrogen-bond acceptors (Lipinski definition) is 6. The van der Waals surface area contributed by atoms with Gasteiger partial charge in [0.15, 0.2) is 0 Å². The number of rotatable bonds is 2. The second-order valence-corrected chi connectivity index (χ2v) is 6.98. The predicted octanol–water partition coefficient (Wildman–Crippen LogP) is 3.24. The molecular formula is C20H27N5O. The van der Waals surface area contributed by atoms with Gasteiger partial charge < -0.3 is 15.4 Å². The fraction of sp³-hybridized carbons (Fsp3) is 0.550. The van der Waals surface area contributed by atoms with E-state index in [0.717, 1.165) is 36.5 Å². The zero-order valence-corrected chi connectivity index (χ0v) is 15.4. The summed E-state index contributed by atoms with van der Waals surface area (Å²) in [5.74, 6) is 0.856. The van der Waals surface area contributed by atoms with Gasteiger partial charge in [0.05, 0.1) is 30.4 Å². The van der Waals surface area contributed by atoms with Crippen LogP contribution in [0.5, 0.6) is 0 Å². The first-order chi connectivity index (χ1) is 12.8. The Balaban J connectivity index is 0.000000236. The van der Waals surface area contributed by atoms with Gasteiger partial charge >= 0.3 is 0 Å². The van der Waals surface area contributed by atoms with Crippen LogP contribution in [0.25, 0.3) is 10.9 Å². The first kappa shape index (κ1) is 18.6. The van der Waals surface area contributed by atoms with Crippen LogP contribution in [-0.4, -0.2) is 41.8 Å². The average Bonchev–Trinajstić information content (AvgIpc) is 2.70. The lowest BCUT2D eigenvalue weighted by atomic mass is 9.95. The van der Waals surface area contributed by atoms with Crippen molar-refractivity contribution >= 4 is 16.7 Å². The van der Waals surface area contributed by atoms with E-state index in [1.807, 2.05) is 12.1 Å². The highest BCUT2D eigenvalue weighted by molar-refractivity contribution is 5.89. The van der Waals surface area contributed by atoms with Crippen LogP contribution in [0.4, 0.5) is 5.82 Å². The monoisotopic (exact) mass is 353 g/mol. The Labute approximate surface area is 155 Å².